The number of piperazine rings is 2. The lowest BCUT2D eigenvalue weighted by Gasteiger charge is -2.43. The van der Waals surface area contributed by atoms with Crippen molar-refractivity contribution in [1.29, 1.82) is 5.26 Å². The van der Waals surface area contributed by atoms with Crippen LogP contribution in [0.15, 0.2) is 0 Å². The molecule has 3 aliphatic heterocycles. The van der Waals surface area contributed by atoms with Crippen LogP contribution in [-0.4, -0.2) is 96.0 Å². The van der Waals surface area contributed by atoms with Crippen LogP contribution in [0.5, 0.6) is 0 Å². The normalized spacial score (nSPS) is 30.3. The first-order chi connectivity index (χ1) is 12.0. The van der Waals surface area contributed by atoms with Crippen LogP contribution in [-0.2, 0) is 4.79 Å². The van der Waals surface area contributed by atoms with Crippen molar-refractivity contribution in [2.45, 2.75) is 51.7 Å². The number of rotatable bonds is 4. The van der Waals surface area contributed by atoms with Crippen LogP contribution in [0.4, 0.5) is 0 Å². The van der Waals surface area contributed by atoms with E-state index in [2.05, 4.69) is 41.5 Å². The Labute approximate surface area is 152 Å². The molecular weight excluding hydrogens is 314 g/mol. The van der Waals surface area contributed by atoms with Crippen molar-refractivity contribution >= 4 is 5.91 Å². The summed E-state index contributed by atoms with van der Waals surface area (Å²) in [5, 5.41) is 9.36. The molecule has 6 nitrogen and oxygen atoms in total. The second-order valence-electron chi connectivity index (χ2n) is 8.30. The first-order valence-corrected chi connectivity index (χ1v) is 9.89. The van der Waals surface area contributed by atoms with E-state index in [1.165, 1.54) is 19.4 Å². The van der Waals surface area contributed by atoms with Gasteiger partial charge in [-0.25, -0.2) is 0 Å². The maximum absolute atomic E-state index is 12.8. The highest BCUT2D eigenvalue weighted by Crippen LogP contribution is 2.24. The Bertz CT molecular complexity index is 508. The Kier molecular flexibility index (Phi) is 5.98. The van der Waals surface area contributed by atoms with E-state index in [1.807, 2.05) is 4.90 Å². The molecular formula is C19H33N5O. The summed E-state index contributed by atoms with van der Waals surface area (Å²) in [6.45, 7) is 13.5. The summed E-state index contributed by atoms with van der Waals surface area (Å²) < 4.78 is 0. The summed E-state index contributed by atoms with van der Waals surface area (Å²) in [5.41, 5.74) is 0. The first kappa shape index (κ1) is 18.6. The van der Waals surface area contributed by atoms with Crippen molar-refractivity contribution in [2.75, 3.05) is 52.4 Å². The zero-order valence-corrected chi connectivity index (χ0v) is 16.0. The standard InChI is InChI=1S/C19H33N5O/c1-15(2)18(11-20)21-7-9-22(10-8-21)19(25)14-24-13-17-5-4-6-23(17)12-16(24)3/h15-18H,4-10,12-14H2,1-3H3. The number of carbonyl (C=O) groups excluding carboxylic acids is 1. The predicted octanol–water partition coefficient (Wildman–Crippen LogP) is 0.847. The quantitative estimate of drug-likeness (QED) is 0.755. The molecule has 0 N–H and O–H groups in total. The van der Waals surface area contributed by atoms with Crippen LogP contribution in [0.25, 0.3) is 0 Å². The van der Waals surface area contributed by atoms with Crippen molar-refractivity contribution in [3.05, 3.63) is 0 Å². The van der Waals surface area contributed by atoms with E-state index in [9.17, 15) is 10.1 Å². The lowest BCUT2D eigenvalue weighted by Crippen LogP contribution is -2.59. The van der Waals surface area contributed by atoms with Gasteiger partial charge in [-0.3, -0.25) is 19.5 Å². The number of carbonyl (C=O) groups is 1. The summed E-state index contributed by atoms with van der Waals surface area (Å²) in [6.07, 6.45) is 2.58. The van der Waals surface area contributed by atoms with Gasteiger partial charge in [0.25, 0.3) is 0 Å². The van der Waals surface area contributed by atoms with Gasteiger partial charge in [-0.1, -0.05) is 13.8 Å². The van der Waals surface area contributed by atoms with Gasteiger partial charge in [0, 0.05) is 51.4 Å². The fraction of sp³-hybridized carbons (Fsp3) is 0.895. The summed E-state index contributed by atoms with van der Waals surface area (Å²) in [5.74, 6) is 0.590. The number of nitrogens with zero attached hydrogens (tertiary/aromatic N) is 5. The van der Waals surface area contributed by atoms with Crippen molar-refractivity contribution < 1.29 is 4.79 Å². The Balaban J connectivity index is 1.49. The Morgan fingerprint density at radius 3 is 2.52 bits per heavy atom. The maximum atomic E-state index is 12.8. The average molecular weight is 348 g/mol. The van der Waals surface area contributed by atoms with Gasteiger partial charge >= 0.3 is 0 Å². The highest BCUT2D eigenvalue weighted by atomic mass is 16.2. The fourth-order valence-electron chi connectivity index (χ4n) is 4.64. The molecule has 140 valence electrons. The molecule has 3 fully saturated rings. The molecule has 3 rings (SSSR count). The zero-order valence-electron chi connectivity index (χ0n) is 16.0. The molecule has 6 heteroatoms. The minimum absolute atomic E-state index is 0.0345. The summed E-state index contributed by atoms with van der Waals surface area (Å²) >= 11 is 0. The molecule has 0 aliphatic carbocycles. The van der Waals surface area contributed by atoms with E-state index >= 15 is 0 Å². The molecule has 3 unspecified atom stereocenters. The third-order valence-corrected chi connectivity index (χ3v) is 6.23. The van der Waals surface area contributed by atoms with E-state index in [0.717, 1.165) is 39.3 Å². The van der Waals surface area contributed by atoms with Gasteiger partial charge in [0.1, 0.15) is 6.04 Å². The highest BCUT2D eigenvalue weighted by Gasteiger charge is 2.36. The SMILES string of the molecule is CC(C)C(C#N)N1CCN(C(=O)CN2CC3CCCN3CC2C)CC1. The molecule has 0 aromatic carbocycles. The molecule has 3 heterocycles. The van der Waals surface area contributed by atoms with Crippen molar-refractivity contribution in [3.8, 4) is 6.07 Å². The van der Waals surface area contributed by atoms with Gasteiger partial charge in [0.05, 0.1) is 12.6 Å². The van der Waals surface area contributed by atoms with Gasteiger partial charge in [0.15, 0.2) is 0 Å². The highest BCUT2D eigenvalue weighted by molar-refractivity contribution is 5.78. The molecule has 3 atom stereocenters. The Hall–Kier alpha value is -1.16. The minimum Gasteiger partial charge on any atom is -0.339 e. The van der Waals surface area contributed by atoms with Crippen LogP contribution in [0.1, 0.15) is 33.6 Å². The van der Waals surface area contributed by atoms with Crippen LogP contribution in [0, 0.1) is 17.2 Å². The summed E-state index contributed by atoms with van der Waals surface area (Å²) in [7, 11) is 0. The molecule has 0 spiro atoms. The Morgan fingerprint density at radius 1 is 1.16 bits per heavy atom. The smallest absolute Gasteiger partial charge is 0.236 e. The molecule has 0 saturated carbocycles. The lowest BCUT2D eigenvalue weighted by atomic mass is 10.0. The summed E-state index contributed by atoms with van der Waals surface area (Å²) in [4.78, 5) is 22.0. The Morgan fingerprint density at radius 2 is 1.88 bits per heavy atom. The van der Waals surface area contributed by atoms with Gasteiger partial charge in [0.2, 0.25) is 5.91 Å². The molecule has 1 amide bonds. The van der Waals surface area contributed by atoms with Crippen LogP contribution in [0.3, 0.4) is 0 Å². The van der Waals surface area contributed by atoms with Crippen molar-refractivity contribution in [3.63, 3.8) is 0 Å². The topological polar surface area (TPSA) is 53.8 Å². The first-order valence-electron chi connectivity index (χ1n) is 9.89. The van der Waals surface area contributed by atoms with Crippen LogP contribution >= 0.6 is 0 Å². The number of nitriles is 1. The average Bonchev–Trinajstić information content (AvgIpc) is 3.03. The minimum atomic E-state index is -0.0345. The van der Waals surface area contributed by atoms with Gasteiger partial charge < -0.3 is 4.90 Å². The van der Waals surface area contributed by atoms with Gasteiger partial charge in [-0.15, -0.1) is 0 Å². The number of hydrogen-bond donors (Lipinski definition) is 0. The number of amides is 1. The predicted molar refractivity (Wildman–Crippen MR) is 98.0 cm³/mol. The van der Waals surface area contributed by atoms with Crippen molar-refractivity contribution in [1.82, 2.24) is 19.6 Å². The van der Waals surface area contributed by atoms with E-state index in [4.69, 9.17) is 0 Å². The van der Waals surface area contributed by atoms with Crippen molar-refractivity contribution in [2.24, 2.45) is 5.92 Å². The van der Waals surface area contributed by atoms with E-state index in [-0.39, 0.29) is 11.9 Å². The van der Waals surface area contributed by atoms with Crippen LogP contribution in [0.2, 0.25) is 0 Å². The second kappa shape index (κ2) is 8.03. The number of hydrogen-bond acceptors (Lipinski definition) is 5. The molecule has 3 aliphatic rings. The van der Waals surface area contributed by atoms with Gasteiger partial charge in [-0.05, 0) is 32.2 Å². The zero-order chi connectivity index (χ0) is 18.0. The van der Waals surface area contributed by atoms with E-state index in [1.54, 1.807) is 0 Å². The molecule has 3 saturated heterocycles. The van der Waals surface area contributed by atoms with E-state index in [0.29, 0.717) is 24.5 Å². The van der Waals surface area contributed by atoms with Gasteiger partial charge in [-0.2, -0.15) is 5.26 Å². The third kappa shape index (κ3) is 4.16. The second-order valence-corrected chi connectivity index (χ2v) is 8.30. The van der Waals surface area contributed by atoms with Crippen LogP contribution < -0.4 is 0 Å². The molecule has 0 aromatic rings. The maximum Gasteiger partial charge on any atom is 0.236 e. The molecule has 0 bridgehead atoms. The largest absolute Gasteiger partial charge is 0.339 e. The van der Waals surface area contributed by atoms with E-state index < -0.39 is 0 Å². The fourth-order valence-corrected chi connectivity index (χ4v) is 4.64. The molecule has 25 heavy (non-hydrogen) atoms. The molecule has 0 radical (unpaired) electrons. The lowest BCUT2D eigenvalue weighted by molar-refractivity contribution is -0.136. The number of fused-ring (bicyclic) bond motifs is 1. The monoisotopic (exact) mass is 347 g/mol. The molecule has 0 aromatic heterocycles. The third-order valence-electron chi connectivity index (χ3n) is 6.23. The summed E-state index contributed by atoms with van der Waals surface area (Å²) in [6, 6.07) is 3.50.